The number of aliphatic carboxylic acids is 1. The molecule has 1 amide bonds. The summed E-state index contributed by atoms with van der Waals surface area (Å²) in [5.41, 5.74) is 4.44. The molecule has 2 aromatic rings. The quantitative estimate of drug-likeness (QED) is 0.892. The molecule has 1 aromatic heterocycles. The van der Waals surface area contributed by atoms with Crippen LogP contribution in [0, 0.1) is 20.8 Å². The van der Waals surface area contributed by atoms with E-state index in [0.717, 1.165) is 28.3 Å². The summed E-state index contributed by atoms with van der Waals surface area (Å²) < 4.78 is 1.78. The third kappa shape index (κ3) is 3.93. The molecule has 3 rings (SSSR count). The summed E-state index contributed by atoms with van der Waals surface area (Å²) in [5, 5.41) is 13.6. The highest BCUT2D eigenvalue weighted by Gasteiger charge is 2.31. The number of aromatic nitrogens is 2. The lowest BCUT2D eigenvalue weighted by molar-refractivity contribution is -0.138. The Kier molecular flexibility index (Phi) is 5.36. The summed E-state index contributed by atoms with van der Waals surface area (Å²) in [6.07, 6.45) is -0.0322. The van der Waals surface area contributed by atoms with E-state index < -0.39 is 5.97 Å². The van der Waals surface area contributed by atoms with Crippen molar-refractivity contribution in [3.8, 4) is 5.69 Å². The van der Waals surface area contributed by atoms with Gasteiger partial charge in [-0.1, -0.05) is 6.07 Å². The van der Waals surface area contributed by atoms with E-state index in [4.69, 9.17) is 5.11 Å². The highest BCUT2D eigenvalue weighted by Crippen LogP contribution is 2.22. The number of carbonyl (C=O) groups excluding carboxylic acids is 1. The Morgan fingerprint density at radius 1 is 1.19 bits per heavy atom. The highest BCUT2D eigenvalue weighted by atomic mass is 32.2. The van der Waals surface area contributed by atoms with E-state index in [0.29, 0.717) is 18.0 Å². The summed E-state index contributed by atoms with van der Waals surface area (Å²) in [4.78, 5) is 25.7. The molecule has 2 heterocycles. The van der Waals surface area contributed by atoms with Gasteiger partial charge in [0.2, 0.25) is 0 Å². The first-order valence-corrected chi connectivity index (χ1v) is 9.76. The van der Waals surface area contributed by atoms with Crippen molar-refractivity contribution in [2.45, 2.75) is 33.2 Å². The monoisotopic (exact) mass is 373 g/mol. The van der Waals surface area contributed by atoms with Crippen molar-refractivity contribution in [3.05, 3.63) is 46.8 Å². The minimum atomic E-state index is -0.882. The first-order valence-electron chi connectivity index (χ1n) is 8.61. The molecule has 1 unspecified atom stereocenters. The molecule has 1 fully saturated rings. The van der Waals surface area contributed by atoms with Crippen LogP contribution in [0.25, 0.3) is 5.69 Å². The molecule has 0 radical (unpaired) electrons. The van der Waals surface area contributed by atoms with Gasteiger partial charge >= 0.3 is 5.97 Å². The van der Waals surface area contributed by atoms with E-state index in [1.807, 2.05) is 32.9 Å². The van der Waals surface area contributed by atoms with Crippen molar-refractivity contribution in [3.63, 3.8) is 0 Å². The molecule has 6 nitrogen and oxygen atoms in total. The summed E-state index contributed by atoms with van der Waals surface area (Å²) in [7, 11) is 0. The van der Waals surface area contributed by atoms with Gasteiger partial charge in [-0.15, -0.1) is 0 Å². The molecule has 1 aromatic carbocycles. The van der Waals surface area contributed by atoms with Crippen LogP contribution in [0.15, 0.2) is 24.3 Å². The Balaban J connectivity index is 1.89. The predicted octanol–water partition coefficient (Wildman–Crippen LogP) is 2.83. The third-order valence-corrected chi connectivity index (χ3v) is 5.55. The van der Waals surface area contributed by atoms with E-state index in [-0.39, 0.29) is 18.4 Å². The highest BCUT2D eigenvalue weighted by molar-refractivity contribution is 7.99. The van der Waals surface area contributed by atoms with E-state index >= 15 is 0 Å². The van der Waals surface area contributed by atoms with Crippen LogP contribution in [0.4, 0.5) is 0 Å². The normalized spacial score (nSPS) is 17.3. The largest absolute Gasteiger partial charge is 0.481 e. The second-order valence-corrected chi connectivity index (χ2v) is 7.90. The van der Waals surface area contributed by atoms with Gasteiger partial charge in [0, 0.05) is 23.7 Å². The minimum Gasteiger partial charge on any atom is -0.481 e. The lowest BCUT2D eigenvalue weighted by atomic mass is 10.1. The van der Waals surface area contributed by atoms with Gasteiger partial charge in [-0.05, 0) is 50.1 Å². The second-order valence-electron chi connectivity index (χ2n) is 6.75. The van der Waals surface area contributed by atoms with Crippen LogP contribution in [-0.4, -0.2) is 55.8 Å². The van der Waals surface area contributed by atoms with Gasteiger partial charge in [0.15, 0.2) is 5.69 Å². The van der Waals surface area contributed by atoms with Crippen molar-refractivity contribution in [2.24, 2.45) is 0 Å². The number of carbonyl (C=O) groups is 2. The number of aryl methyl sites for hydroxylation is 3. The molecule has 7 heteroatoms. The third-order valence-electron chi connectivity index (χ3n) is 4.46. The van der Waals surface area contributed by atoms with E-state index in [9.17, 15) is 9.59 Å². The fourth-order valence-electron chi connectivity index (χ4n) is 3.35. The predicted molar refractivity (Wildman–Crippen MR) is 102 cm³/mol. The molecular weight excluding hydrogens is 350 g/mol. The molecule has 1 aliphatic rings. The fraction of sp³-hybridized carbons (Fsp3) is 0.421. The maximum Gasteiger partial charge on any atom is 0.305 e. The van der Waals surface area contributed by atoms with Crippen LogP contribution in [0.1, 0.15) is 33.7 Å². The van der Waals surface area contributed by atoms with Gasteiger partial charge in [-0.2, -0.15) is 16.9 Å². The average Bonchev–Trinajstić information content (AvgIpc) is 2.95. The molecule has 0 saturated carbocycles. The Morgan fingerprint density at radius 2 is 1.88 bits per heavy atom. The van der Waals surface area contributed by atoms with Crippen LogP contribution in [-0.2, 0) is 4.79 Å². The zero-order valence-electron chi connectivity index (χ0n) is 15.2. The molecule has 1 aliphatic heterocycles. The van der Waals surface area contributed by atoms with E-state index in [1.165, 1.54) is 0 Å². The average molecular weight is 373 g/mol. The number of nitrogens with zero attached hydrogens (tertiary/aromatic N) is 3. The molecule has 138 valence electrons. The SMILES string of the molecule is Cc1cc(C)cc(-n2nc(C(=O)N3CCSCC3CC(=O)O)cc2C)c1. The van der Waals surface area contributed by atoms with Gasteiger partial charge in [-0.3, -0.25) is 9.59 Å². The summed E-state index contributed by atoms with van der Waals surface area (Å²) in [5.74, 6) is 0.392. The van der Waals surface area contributed by atoms with Crippen LogP contribution in [0.5, 0.6) is 0 Å². The van der Waals surface area contributed by atoms with Crippen molar-refractivity contribution in [2.75, 3.05) is 18.1 Å². The van der Waals surface area contributed by atoms with Gasteiger partial charge in [0.05, 0.1) is 18.2 Å². The lowest BCUT2D eigenvalue weighted by Gasteiger charge is -2.34. The number of carboxylic acid groups (broad SMARTS) is 1. The maximum atomic E-state index is 13.0. The Hall–Kier alpha value is -2.28. The number of hydrogen-bond acceptors (Lipinski definition) is 4. The molecule has 1 atom stereocenters. The number of carboxylic acids is 1. The van der Waals surface area contributed by atoms with Crippen molar-refractivity contribution in [1.29, 1.82) is 0 Å². The molecule has 1 saturated heterocycles. The second kappa shape index (κ2) is 7.53. The summed E-state index contributed by atoms with van der Waals surface area (Å²) >= 11 is 1.69. The first kappa shape index (κ1) is 18.5. The topological polar surface area (TPSA) is 75.4 Å². The Labute approximate surface area is 157 Å². The van der Waals surface area contributed by atoms with Crippen molar-refractivity contribution < 1.29 is 14.7 Å². The minimum absolute atomic E-state index is 0.0322. The van der Waals surface area contributed by atoms with Crippen LogP contribution < -0.4 is 0 Å². The number of thioether (sulfide) groups is 1. The molecule has 1 N–H and O–H groups in total. The lowest BCUT2D eigenvalue weighted by Crippen LogP contribution is -2.47. The molecule has 26 heavy (non-hydrogen) atoms. The van der Waals surface area contributed by atoms with Gasteiger partial charge in [0.25, 0.3) is 5.91 Å². The Morgan fingerprint density at radius 3 is 2.54 bits per heavy atom. The molecule has 0 spiro atoms. The zero-order chi connectivity index (χ0) is 18.8. The van der Waals surface area contributed by atoms with Crippen molar-refractivity contribution in [1.82, 2.24) is 14.7 Å². The zero-order valence-corrected chi connectivity index (χ0v) is 16.0. The number of benzene rings is 1. The van der Waals surface area contributed by atoms with E-state index in [2.05, 4.69) is 11.2 Å². The van der Waals surface area contributed by atoms with Gasteiger partial charge in [0.1, 0.15) is 0 Å². The summed E-state index contributed by atoms with van der Waals surface area (Å²) in [6, 6.07) is 7.65. The Bertz CT molecular complexity index is 826. The van der Waals surface area contributed by atoms with Gasteiger partial charge < -0.3 is 10.0 Å². The smallest absolute Gasteiger partial charge is 0.305 e. The van der Waals surface area contributed by atoms with Crippen LogP contribution >= 0.6 is 11.8 Å². The standard InChI is InChI=1S/C19H23N3O3S/c1-12-6-13(2)8-15(7-12)22-14(3)9-17(20-22)19(25)21-4-5-26-11-16(21)10-18(23)24/h6-9,16H,4-5,10-11H2,1-3H3,(H,23,24). The maximum absolute atomic E-state index is 13.0. The van der Waals surface area contributed by atoms with E-state index in [1.54, 1.807) is 27.4 Å². The number of amides is 1. The number of rotatable bonds is 4. The molecular formula is C19H23N3O3S. The molecule has 0 aliphatic carbocycles. The first-order chi connectivity index (χ1) is 12.3. The number of hydrogen-bond donors (Lipinski definition) is 1. The van der Waals surface area contributed by atoms with Crippen LogP contribution in [0.2, 0.25) is 0 Å². The summed E-state index contributed by atoms with van der Waals surface area (Å²) in [6.45, 7) is 6.53. The molecule has 0 bridgehead atoms. The van der Waals surface area contributed by atoms with Crippen molar-refractivity contribution >= 4 is 23.6 Å². The fourth-order valence-corrected chi connectivity index (χ4v) is 4.42. The van der Waals surface area contributed by atoms with Gasteiger partial charge in [-0.25, -0.2) is 4.68 Å². The van der Waals surface area contributed by atoms with Crippen LogP contribution in [0.3, 0.4) is 0 Å².